The Kier molecular flexibility index (Phi) is 8.29. The van der Waals surface area contributed by atoms with Gasteiger partial charge in [-0.15, -0.1) is 0 Å². The standard InChI is InChI=1S/C20H25ClN2O2/c1-25-19-4-2-3-17(15-19)10-14-23-20(24)11-13-22-12-9-16-5-7-18(21)8-6-16/h2-8,15,22H,9-14H2,1H3,(H,23,24). The molecule has 0 aliphatic carbocycles. The van der Waals surface area contributed by atoms with E-state index in [1.165, 1.54) is 5.56 Å². The van der Waals surface area contributed by atoms with Crippen LogP contribution in [0.1, 0.15) is 17.5 Å². The second-order valence-corrected chi connectivity index (χ2v) is 6.26. The van der Waals surface area contributed by atoms with Crippen molar-refractivity contribution in [3.8, 4) is 5.75 Å². The lowest BCUT2D eigenvalue weighted by Crippen LogP contribution is -2.29. The quantitative estimate of drug-likeness (QED) is 0.639. The molecule has 0 unspecified atom stereocenters. The molecule has 2 aromatic carbocycles. The minimum Gasteiger partial charge on any atom is -0.497 e. The molecule has 0 heterocycles. The highest BCUT2D eigenvalue weighted by Crippen LogP contribution is 2.12. The molecule has 0 aliphatic heterocycles. The molecule has 0 bridgehead atoms. The number of nitrogens with one attached hydrogen (secondary N) is 2. The van der Waals surface area contributed by atoms with Crippen LogP contribution in [0.5, 0.6) is 5.75 Å². The average molecular weight is 361 g/mol. The highest BCUT2D eigenvalue weighted by molar-refractivity contribution is 6.30. The van der Waals surface area contributed by atoms with Crippen molar-refractivity contribution in [3.63, 3.8) is 0 Å². The van der Waals surface area contributed by atoms with Gasteiger partial charge in [-0.3, -0.25) is 4.79 Å². The van der Waals surface area contributed by atoms with Crippen molar-refractivity contribution in [2.24, 2.45) is 0 Å². The molecule has 0 aromatic heterocycles. The summed E-state index contributed by atoms with van der Waals surface area (Å²) in [5.74, 6) is 0.913. The maximum Gasteiger partial charge on any atom is 0.221 e. The van der Waals surface area contributed by atoms with Gasteiger partial charge in [-0.1, -0.05) is 35.9 Å². The smallest absolute Gasteiger partial charge is 0.221 e. The molecular weight excluding hydrogens is 336 g/mol. The summed E-state index contributed by atoms with van der Waals surface area (Å²) in [5.41, 5.74) is 2.39. The summed E-state index contributed by atoms with van der Waals surface area (Å²) in [4.78, 5) is 11.8. The van der Waals surface area contributed by atoms with Crippen LogP contribution in [0.2, 0.25) is 5.02 Å². The second kappa shape index (κ2) is 10.7. The number of carbonyl (C=O) groups excluding carboxylic acids is 1. The number of methoxy groups -OCH3 is 1. The van der Waals surface area contributed by atoms with Gasteiger partial charge < -0.3 is 15.4 Å². The van der Waals surface area contributed by atoms with Crippen molar-refractivity contribution in [1.29, 1.82) is 0 Å². The third-order valence-corrected chi connectivity index (χ3v) is 4.15. The molecule has 2 aromatic rings. The fraction of sp³-hybridized carbons (Fsp3) is 0.350. The fourth-order valence-electron chi connectivity index (χ4n) is 2.47. The van der Waals surface area contributed by atoms with Gasteiger partial charge in [0, 0.05) is 24.5 Å². The van der Waals surface area contributed by atoms with E-state index >= 15 is 0 Å². The Bertz CT molecular complexity index is 659. The summed E-state index contributed by atoms with van der Waals surface area (Å²) < 4.78 is 5.19. The molecule has 0 aliphatic rings. The highest BCUT2D eigenvalue weighted by atomic mass is 35.5. The van der Waals surface area contributed by atoms with Crippen molar-refractivity contribution in [3.05, 3.63) is 64.7 Å². The van der Waals surface area contributed by atoms with E-state index in [1.54, 1.807) is 7.11 Å². The largest absolute Gasteiger partial charge is 0.497 e. The molecule has 134 valence electrons. The zero-order valence-electron chi connectivity index (χ0n) is 14.6. The molecule has 0 fully saturated rings. The van der Waals surface area contributed by atoms with Crippen LogP contribution in [0.4, 0.5) is 0 Å². The Hall–Kier alpha value is -2.04. The molecule has 5 heteroatoms. The number of ether oxygens (including phenoxy) is 1. The summed E-state index contributed by atoms with van der Waals surface area (Å²) in [6, 6.07) is 15.7. The van der Waals surface area contributed by atoms with Crippen LogP contribution in [0.15, 0.2) is 48.5 Å². The van der Waals surface area contributed by atoms with Crippen LogP contribution < -0.4 is 15.4 Å². The van der Waals surface area contributed by atoms with Gasteiger partial charge in [0.05, 0.1) is 7.11 Å². The number of amides is 1. The Morgan fingerprint density at radius 3 is 2.52 bits per heavy atom. The maximum absolute atomic E-state index is 11.8. The first-order valence-corrected chi connectivity index (χ1v) is 8.90. The molecule has 0 saturated carbocycles. The van der Waals surface area contributed by atoms with Crippen molar-refractivity contribution >= 4 is 17.5 Å². The van der Waals surface area contributed by atoms with Gasteiger partial charge in [-0.2, -0.15) is 0 Å². The fourth-order valence-corrected chi connectivity index (χ4v) is 2.60. The van der Waals surface area contributed by atoms with E-state index in [0.29, 0.717) is 19.5 Å². The first-order chi connectivity index (χ1) is 12.2. The molecule has 2 rings (SSSR count). The lowest BCUT2D eigenvalue weighted by molar-refractivity contribution is -0.120. The average Bonchev–Trinajstić information content (AvgIpc) is 2.63. The lowest BCUT2D eigenvalue weighted by Gasteiger charge is -2.08. The van der Waals surface area contributed by atoms with Gasteiger partial charge >= 0.3 is 0 Å². The Morgan fingerprint density at radius 1 is 1.00 bits per heavy atom. The van der Waals surface area contributed by atoms with Gasteiger partial charge in [0.15, 0.2) is 0 Å². The van der Waals surface area contributed by atoms with Crippen LogP contribution in [-0.2, 0) is 17.6 Å². The minimum atomic E-state index is 0.0712. The minimum absolute atomic E-state index is 0.0712. The van der Waals surface area contributed by atoms with E-state index in [1.807, 2.05) is 48.5 Å². The molecule has 1 amide bonds. The Labute approximate surface area is 154 Å². The van der Waals surface area contributed by atoms with Gasteiger partial charge in [0.2, 0.25) is 5.91 Å². The van der Waals surface area contributed by atoms with E-state index in [4.69, 9.17) is 16.3 Å². The number of benzene rings is 2. The lowest BCUT2D eigenvalue weighted by atomic mass is 10.1. The first kappa shape index (κ1) is 19.3. The third kappa shape index (κ3) is 7.59. The summed E-state index contributed by atoms with van der Waals surface area (Å²) in [5, 5.41) is 6.99. The van der Waals surface area contributed by atoms with Crippen molar-refractivity contribution < 1.29 is 9.53 Å². The predicted molar refractivity (Wildman–Crippen MR) is 102 cm³/mol. The number of rotatable bonds is 10. The third-order valence-electron chi connectivity index (χ3n) is 3.90. The number of carbonyl (C=O) groups is 1. The summed E-state index contributed by atoms with van der Waals surface area (Å²) in [6.45, 7) is 2.16. The molecular formula is C20H25ClN2O2. The van der Waals surface area contributed by atoms with E-state index < -0.39 is 0 Å². The molecule has 4 nitrogen and oxygen atoms in total. The van der Waals surface area contributed by atoms with Crippen molar-refractivity contribution in [2.75, 3.05) is 26.7 Å². The zero-order chi connectivity index (χ0) is 17.9. The predicted octanol–water partition coefficient (Wildman–Crippen LogP) is 3.23. The van der Waals surface area contributed by atoms with Crippen molar-refractivity contribution in [2.45, 2.75) is 19.3 Å². The maximum atomic E-state index is 11.8. The van der Waals surface area contributed by atoms with Crippen LogP contribution in [0.3, 0.4) is 0 Å². The number of halogens is 1. The zero-order valence-corrected chi connectivity index (χ0v) is 15.3. The number of hydrogen-bond acceptors (Lipinski definition) is 3. The van der Waals surface area contributed by atoms with Gasteiger partial charge in [-0.25, -0.2) is 0 Å². The van der Waals surface area contributed by atoms with E-state index in [0.717, 1.165) is 35.7 Å². The van der Waals surface area contributed by atoms with E-state index in [-0.39, 0.29) is 5.91 Å². The molecule has 0 atom stereocenters. The Morgan fingerprint density at radius 2 is 1.76 bits per heavy atom. The summed E-state index contributed by atoms with van der Waals surface area (Å²) >= 11 is 5.86. The van der Waals surface area contributed by atoms with Gasteiger partial charge in [0.1, 0.15) is 5.75 Å². The SMILES string of the molecule is COc1cccc(CCNC(=O)CCNCCc2ccc(Cl)cc2)c1. The second-order valence-electron chi connectivity index (χ2n) is 5.83. The van der Waals surface area contributed by atoms with Crippen LogP contribution in [0.25, 0.3) is 0 Å². The normalized spacial score (nSPS) is 10.5. The van der Waals surface area contributed by atoms with Crippen LogP contribution in [-0.4, -0.2) is 32.7 Å². The van der Waals surface area contributed by atoms with Crippen molar-refractivity contribution in [1.82, 2.24) is 10.6 Å². The highest BCUT2D eigenvalue weighted by Gasteiger charge is 2.02. The summed E-state index contributed by atoms with van der Waals surface area (Å²) in [6.07, 6.45) is 2.21. The van der Waals surface area contributed by atoms with Gasteiger partial charge in [-0.05, 0) is 54.8 Å². The van der Waals surface area contributed by atoms with E-state index in [9.17, 15) is 4.79 Å². The van der Waals surface area contributed by atoms with Gasteiger partial charge in [0.25, 0.3) is 0 Å². The summed E-state index contributed by atoms with van der Waals surface area (Å²) in [7, 11) is 1.65. The van der Waals surface area contributed by atoms with E-state index in [2.05, 4.69) is 10.6 Å². The molecule has 0 saturated heterocycles. The monoisotopic (exact) mass is 360 g/mol. The number of hydrogen-bond donors (Lipinski definition) is 2. The Balaban J connectivity index is 1.54. The molecule has 0 radical (unpaired) electrons. The first-order valence-electron chi connectivity index (χ1n) is 8.52. The molecule has 0 spiro atoms. The van der Waals surface area contributed by atoms with Crippen LogP contribution >= 0.6 is 11.6 Å². The molecule has 2 N–H and O–H groups in total. The topological polar surface area (TPSA) is 50.4 Å². The van der Waals surface area contributed by atoms with Crippen LogP contribution in [0, 0.1) is 0 Å². The molecule has 25 heavy (non-hydrogen) atoms.